The van der Waals surface area contributed by atoms with Crippen molar-refractivity contribution in [2.45, 2.75) is 6.42 Å². The summed E-state index contributed by atoms with van der Waals surface area (Å²) in [4.78, 5) is 34.5. The molecule has 0 spiro atoms. The van der Waals surface area contributed by atoms with Crippen molar-refractivity contribution >= 4 is 51.3 Å². The molecule has 1 aromatic heterocycles. The van der Waals surface area contributed by atoms with E-state index in [2.05, 4.69) is 25.5 Å². The Labute approximate surface area is 243 Å². The normalized spacial score (nSPS) is 13.6. The maximum absolute atomic E-state index is 14.5. The SMILES string of the molecule is O=C(Nc1cc2c(Nc3ccc(F)c(Cl)c3)ncnc2cc1OCCCN1CCOCC1)c1cc([N+](=O)[O-])ccc1F. The number of aromatic nitrogens is 2. The van der Waals surface area contributed by atoms with Crippen molar-refractivity contribution in [1.29, 1.82) is 0 Å². The number of carbonyl (C=O) groups excluding carboxylic acids is 1. The Balaban J connectivity index is 1.45. The standard InChI is InChI=1S/C28H25ClF2N6O5/c29-21-12-17(2-4-23(21)31)34-27-20-14-25(35-28(38)19-13-18(37(39)40)3-5-22(19)30)26(15-24(20)32-16-33-27)42-9-1-6-36-7-10-41-11-8-36/h2-5,12-16H,1,6-11H2,(H,35,38)(H,32,33,34). The predicted molar refractivity (Wildman–Crippen MR) is 153 cm³/mol. The Hall–Kier alpha value is -4.46. The van der Waals surface area contributed by atoms with Crippen LogP contribution in [0.15, 0.2) is 54.9 Å². The summed E-state index contributed by atoms with van der Waals surface area (Å²) in [6, 6.07) is 9.93. The van der Waals surface area contributed by atoms with Crippen molar-refractivity contribution in [2.24, 2.45) is 0 Å². The Morgan fingerprint density at radius 3 is 2.64 bits per heavy atom. The Bertz CT molecular complexity index is 1640. The van der Waals surface area contributed by atoms with Crippen molar-refractivity contribution in [2.75, 3.05) is 50.1 Å². The van der Waals surface area contributed by atoms with Crippen LogP contribution in [0.5, 0.6) is 5.75 Å². The van der Waals surface area contributed by atoms with E-state index in [0.717, 1.165) is 37.8 Å². The number of benzene rings is 3. The van der Waals surface area contributed by atoms with E-state index in [0.29, 0.717) is 48.6 Å². The number of non-ortho nitro benzene ring substituents is 1. The van der Waals surface area contributed by atoms with E-state index in [1.54, 1.807) is 12.1 Å². The molecule has 2 N–H and O–H groups in total. The highest BCUT2D eigenvalue weighted by Crippen LogP contribution is 2.34. The molecule has 0 bridgehead atoms. The summed E-state index contributed by atoms with van der Waals surface area (Å²) >= 11 is 5.92. The number of nitrogens with zero attached hydrogens (tertiary/aromatic N) is 4. The van der Waals surface area contributed by atoms with Crippen LogP contribution >= 0.6 is 11.6 Å². The van der Waals surface area contributed by atoms with Crippen LogP contribution in [0.4, 0.5) is 31.7 Å². The molecule has 4 aromatic rings. The number of fused-ring (bicyclic) bond motifs is 1. The third-order valence-electron chi connectivity index (χ3n) is 6.55. The van der Waals surface area contributed by atoms with Crippen LogP contribution in [0, 0.1) is 21.7 Å². The van der Waals surface area contributed by atoms with Gasteiger partial charge in [0, 0.05) is 48.9 Å². The maximum atomic E-state index is 14.5. The van der Waals surface area contributed by atoms with Crippen molar-refractivity contribution in [3.63, 3.8) is 0 Å². The number of morpholine rings is 1. The molecule has 0 aliphatic carbocycles. The summed E-state index contributed by atoms with van der Waals surface area (Å²) in [5.41, 5.74) is 0.140. The van der Waals surface area contributed by atoms with Crippen LogP contribution in [-0.2, 0) is 4.74 Å². The van der Waals surface area contributed by atoms with E-state index in [1.165, 1.54) is 24.5 Å². The van der Waals surface area contributed by atoms with E-state index < -0.39 is 33.7 Å². The number of amides is 1. The van der Waals surface area contributed by atoms with Gasteiger partial charge in [0.15, 0.2) is 0 Å². The van der Waals surface area contributed by atoms with Gasteiger partial charge in [-0.05, 0) is 36.8 Å². The molecule has 2 heterocycles. The average molecular weight is 599 g/mol. The molecule has 1 fully saturated rings. The number of ether oxygens (including phenoxy) is 2. The lowest BCUT2D eigenvalue weighted by atomic mass is 10.1. The zero-order valence-corrected chi connectivity index (χ0v) is 22.9. The van der Waals surface area contributed by atoms with Gasteiger partial charge >= 0.3 is 0 Å². The molecule has 0 atom stereocenters. The highest BCUT2D eigenvalue weighted by molar-refractivity contribution is 6.31. The zero-order chi connectivity index (χ0) is 29.6. The fourth-order valence-corrected chi connectivity index (χ4v) is 4.58. The lowest BCUT2D eigenvalue weighted by Gasteiger charge is -2.26. The second kappa shape index (κ2) is 13.0. The summed E-state index contributed by atoms with van der Waals surface area (Å²) in [6.45, 7) is 4.11. The largest absolute Gasteiger partial charge is 0.491 e. The number of nitro benzene ring substituents is 1. The maximum Gasteiger partial charge on any atom is 0.270 e. The molecule has 5 rings (SSSR count). The van der Waals surface area contributed by atoms with Gasteiger partial charge in [0.25, 0.3) is 11.6 Å². The van der Waals surface area contributed by atoms with Gasteiger partial charge in [-0.25, -0.2) is 18.7 Å². The van der Waals surface area contributed by atoms with Crippen molar-refractivity contribution in [3.8, 4) is 5.75 Å². The summed E-state index contributed by atoms with van der Waals surface area (Å²) in [5, 5.41) is 17.2. The number of hydrogen-bond donors (Lipinski definition) is 2. The molecule has 218 valence electrons. The van der Waals surface area contributed by atoms with E-state index in [9.17, 15) is 23.7 Å². The van der Waals surface area contributed by atoms with Gasteiger partial charge in [0.2, 0.25) is 0 Å². The van der Waals surface area contributed by atoms with E-state index >= 15 is 0 Å². The van der Waals surface area contributed by atoms with Crippen LogP contribution in [-0.4, -0.2) is 65.2 Å². The lowest BCUT2D eigenvalue weighted by molar-refractivity contribution is -0.384. The highest BCUT2D eigenvalue weighted by atomic mass is 35.5. The molecule has 1 aliphatic heterocycles. The number of rotatable bonds is 10. The van der Waals surface area contributed by atoms with Crippen LogP contribution in [0.3, 0.4) is 0 Å². The molecule has 42 heavy (non-hydrogen) atoms. The second-order valence-corrected chi connectivity index (χ2v) is 9.78. The van der Waals surface area contributed by atoms with Crippen molar-refractivity contribution in [1.82, 2.24) is 14.9 Å². The monoisotopic (exact) mass is 598 g/mol. The lowest BCUT2D eigenvalue weighted by Crippen LogP contribution is -2.37. The van der Waals surface area contributed by atoms with E-state index in [-0.39, 0.29) is 16.5 Å². The van der Waals surface area contributed by atoms with Crippen molar-refractivity contribution in [3.05, 3.63) is 87.2 Å². The third-order valence-corrected chi connectivity index (χ3v) is 6.84. The summed E-state index contributed by atoms with van der Waals surface area (Å²) in [7, 11) is 0. The minimum Gasteiger partial charge on any atom is -0.491 e. The number of halogens is 3. The number of nitrogens with one attached hydrogen (secondary N) is 2. The highest BCUT2D eigenvalue weighted by Gasteiger charge is 2.20. The number of anilines is 3. The first kappa shape index (κ1) is 29.0. The zero-order valence-electron chi connectivity index (χ0n) is 22.1. The van der Waals surface area contributed by atoms with Gasteiger partial charge in [0.1, 0.15) is 29.5 Å². The van der Waals surface area contributed by atoms with Crippen LogP contribution in [0.25, 0.3) is 10.9 Å². The first-order valence-corrected chi connectivity index (χ1v) is 13.4. The summed E-state index contributed by atoms with van der Waals surface area (Å²) in [6.07, 6.45) is 2.02. The molecule has 0 saturated carbocycles. The molecule has 14 heteroatoms. The van der Waals surface area contributed by atoms with Gasteiger partial charge in [0.05, 0.1) is 46.5 Å². The van der Waals surface area contributed by atoms with Gasteiger partial charge in [-0.3, -0.25) is 19.8 Å². The molecule has 0 unspecified atom stereocenters. The number of carbonyl (C=O) groups is 1. The molecular formula is C28H25ClF2N6O5. The third kappa shape index (κ3) is 6.87. The first-order valence-electron chi connectivity index (χ1n) is 13.0. The topological polar surface area (TPSA) is 132 Å². The smallest absolute Gasteiger partial charge is 0.270 e. The minimum atomic E-state index is -0.925. The second-order valence-electron chi connectivity index (χ2n) is 9.37. The minimum absolute atomic E-state index is 0.0851. The van der Waals surface area contributed by atoms with E-state index in [1.807, 2.05) is 0 Å². The summed E-state index contributed by atoms with van der Waals surface area (Å²) < 4.78 is 39.6. The molecular weight excluding hydrogens is 574 g/mol. The molecule has 1 aliphatic rings. The molecule has 3 aromatic carbocycles. The van der Waals surface area contributed by atoms with Gasteiger partial charge < -0.3 is 20.1 Å². The van der Waals surface area contributed by atoms with Crippen molar-refractivity contribution < 1.29 is 28.0 Å². The fourth-order valence-electron chi connectivity index (χ4n) is 4.40. The Morgan fingerprint density at radius 2 is 1.88 bits per heavy atom. The molecule has 1 saturated heterocycles. The predicted octanol–water partition coefficient (Wildman–Crippen LogP) is 5.57. The van der Waals surface area contributed by atoms with Gasteiger partial charge in [-0.1, -0.05) is 11.6 Å². The number of hydrogen-bond acceptors (Lipinski definition) is 9. The van der Waals surface area contributed by atoms with Crippen LogP contribution in [0.1, 0.15) is 16.8 Å². The molecule has 0 radical (unpaired) electrons. The van der Waals surface area contributed by atoms with Crippen LogP contribution in [0.2, 0.25) is 5.02 Å². The Morgan fingerprint density at radius 1 is 1.10 bits per heavy atom. The van der Waals surface area contributed by atoms with E-state index in [4.69, 9.17) is 21.1 Å². The quantitative estimate of drug-likeness (QED) is 0.137. The van der Waals surface area contributed by atoms with Gasteiger partial charge in [-0.2, -0.15) is 0 Å². The fraction of sp³-hybridized carbons (Fsp3) is 0.250. The van der Waals surface area contributed by atoms with Crippen LogP contribution < -0.4 is 15.4 Å². The average Bonchev–Trinajstić information content (AvgIpc) is 2.98. The summed E-state index contributed by atoms with van der Waals surface area (Å²) in [5.74, 6) is -1.84. The molecule has 1 amide bonds. The number of nitro groups is 1. The van der Waals surface area contributed by atoms with Gasteiger partial charge in [-0.15, -0.1) is 0 Å². The molecule has 11 nitrogen and oxygen atoms in total. The Kier molecular flexibility index (Phi) is 9.00. The first-order chi connectivity index (χ1) is 20.3.